The lowest BCUT2D eigenvalue weighted by Gasteiger charge is -2.11. The van der Waals surface area contributed by atoms with Crippen molar-refractivity contribution in [3.63, 3.8) is 0 Å². The van der Waals surface area contributed by atoms with E-state index >= 15 is 0 Å². The minimum Gasteiger partial charge on any atom is -0.462 e. The molecular formula is C18H18BrFN2O4S2. The highest BCUT2D eigenvalue weighted by Gasteiger charge is 2.27. The Labute approximate surface area is 179 Å². The summed E-state index contributed by atoms with van der Waals surface area (Å²) in [6.07, 6.45) is 0. The fourth-order valence-electron chi connectivity index (χ4n) is 2.29. The zero-order valence-corrected chi connectivity index (χ0v) is 18.6. The third-order valence-corrected chi connectivity index (χ3v) is 5.38. The summed E-state index contributed by atoms with van der Waals surface area (Å²) in [7, 11) is 0. The van der Waals surface area contributed by atoms with Gasteiger partial charge in [0.25, 0.3) is 0 Å². The van der Waals surface area contributed by atoms with Crippen LogP contribution in [0.3, 0.4) is 0 Å². The van der Waals surface area contributed by atoms with Gasteiger partial charge < -0.3 is 20.1 Å². The van der Waals surface area contributed by atoms with Gasteiger partial charge in [-0.1, -0.05) is 15.9 Å². The molecular weight excluding hydrogens is 471 g/mol. The number of hydrogen-bond acceptors (Lipinski definition) is 6. The molecule has 2 rings (SSSR count). The minimum atomic E-state index is -0.591. The Kier molecular flexibility index (Phi) is 7.90. The van der Waals surface area contributed by atoms with Gasteiger partial charge in [-0.15, -0.1) is 11.3 Å². The zero-order chi connectivity index (χ0) is 20.8. The maximum atomic E-state index is 14.0. The summed E-state index contributed by atoms with van der Waals surface area (Å²) in [5.74, 6) is -1.63. The number of esters is 2. The molecule has 150 valence electrons. The van der Waals surface area contributed by atoms with Crippen molar-refractivity contribution in [1.82, 2.24) is 0 Å². The normalized spacial score (nSPS) is 10.3. The van der Waals surface area contributed by atoms with Crippen LogP contribution < -0.4 is 10.6 Å². The van der Waals surface area contributed by atoms with E-state index in [1.807, 2.05) is 0 Å². The molecule has 0 unspecified atom stereocenters. The molecule has 0 aliphatic carbocycles. The number of carbonyl (C=O) groups excluding carboxylic acids is 2. The largest absolute Gasteiger partial charge is 0.462 e. The van der Waals surface area contributed by atoms with Crippen LogP contribution in [0.25, 0.3) is 0 Å². The standard InChI is InChI=1S/C18H18BrFN2O4S2/c1-4-25-16(23)13-9(3)14(17(24)26-5-2)28-15(13)22-18(27)21-12-7-6-10(19)8-11(12)20/h6-8H,4-5H2,1-3H3,(H2,21,22,27). The maximum Gasteiger partial charge on any atom is 0.348 e. The van der Waals surface area contributed by atoms with E-state index in [-0.39, 0.29) is 34.5 Å². The predicted molar refractivity (Wildman–Crippen MR) is 115 cm³/mol. The van der Waals surface area contributed by atoms with E-state index < -0.39 is 17.8 Å². The summed E-state index contributed by atoms with van der Waals surface area (Å²) in [6.45, 7) is 5.39. The van der Waals surface area contributed by atoms with Crippen LogP contribution in [-0.2, 0) is 9.47 Å². The lowest BCUT2D eigenvalue weighted by molar-refractivity contribution is 0.0527. The highest BCUT2D eigenvalue weighted by molar-refractivity contribution is 9.10. The van der Waals surface area contributed by atoms with E-state index in [9.17, 15) is 14.0 Å². The van der Waals surface area contributed by atoms with Crippen molar-refractivity contribution in [2.75, 3.05) is 23.8 Å². The second kappa shape index (κ2) is 9.94. The lowest BCUT2D eigenvalue weighted by atomic mass is 10.1. The molecule has 0 aliphatic heterocycles. The minimum absolute atomic E-state index is 0.0587. The lowest BCUT2D eigenvalue weighted by Crippen LogP contribution is -2.21. The van der Waals surface area contributed by atoms with Crippen molar-refractivity contribution < 1.29 is 23.5 Å². The molecule has 6 nitrogen and oxygen atoms in total. The summed E-state index contributed by atoms with van der Waals surface area (Å²) in [5, 5.41) is 5.95. The van der Waals surface area contributed by atoms with Gasteiger partial charge >= 0.3 is 11.9 Å². The molecule has 1 heterocycles. The molecule has 0 spiro atoms. The predicted octanol–water partition coefficient (Wildman–Crippen LogP) is 5.12. The van der Waals surface area contributed by atoms with Crippen molar-refractivity contribution in [2.24, 2.45) is 0 Å². The molecule has 0 saturated heterocycles. The molecule has 10 heteroatoms. The first-order chi connectivity index (χ1) is 13.3. The molecule has 0 radical (unpaired) electrons. The molecule has 0 aliphatic rings. The fraction of sp³-hybridized carbons (Fsp3) is 0.278. The monoisotopic (exact) mass is 488 g/mol. The van der Waals surface area contributed by atoms with Gasteiger partial charge in [-0.05, 0) is 56.8 Å². The van der Waals surface area contributed by atoms with Crippen molar-refractivity contribution in [3.8, 4) is 0 Å². The summed E-state index contributed by atoms with van der Waals surface area (Å²) < 4.78 is 24.7. The number of hydrogen-bond donors (Lipinski definition) is 2. The van der Waals surface area contributed by atoms with Crippen molar-refractivity contribution >= 4 is 67.2 Å². The Hall–Kier alpha value is -2.04. The van der Waals surface area contributed by atoms with Gasteiger partial charge in [0, 0.05) is 4.47 Å². The number of benzene rings is 1. The van der Waals surface area contributed by atoms with Crippen molar-refractivity contribution in [2.45, 2.75) is 20.8 Å². The second-order valence-electron chi connectivity index (χ2n) is 5.40. The smallest absolute Gasteiger partial charge is 0.348 e. The Bertz CT molecular complexity index is 917. The van der Waals surface area contributed by atoms with Crippen LogP contribution in [0.1, 0.15) is 39.4 Å². The van der Waals surface area contributed by atoms with E-state index in [0.29, 0.717) is 15.0 Å². The van der Waals surface area contributed by atoms with Crippen LogP contribution >= 0.6 is 39.5 Å². The fourth-order valence-corrected chi connectivity index (χ4v) is 3.99. The molecule has 0 atom stereocenters. The first-order valence-corrected chi connectivity index (χ1v) is 10.3. The third-order valence-electron chi connectivity index (χ3n) is 3.49. The first kappa shape index (κ1) is 22.3. The van der Waals surface area contributed by atoms with E-state index in [1.165, 1.54) is 12.1 Å². The second-order valence-corrected chi connectivity index (χ2v) is 7.75. The van der Waals surface area contributed by atoms with Crippen LogP contribution in [0, 0.1) is 12.7 Å². The molecule has 2 N–H and O–H groups in total. The number of halogens is 2. The summed E-state index contributed by atoms with van der Waals surface area (Å²) in [4.78, 5) is 24.8. The quantitative estimate of drug-likeness (QED) is 0.431. The maximum absolute atomic E-state index is 14.0. The molecule has 2 aromatic rings. The van der Waals surface area contributed by atoms with Gasteiger partial charge in [-0.25, -0.2) is 14.0 Å². The summed E-state index contributed by atoms with van der Waals surface area (Å²) in [5.41, 5.74) is 0.787. The molecule has 0 saturated carbocycles. The first-order valence-electron chi connectivity index (χ1n) is 8.29. The van der Waals surface area contributed by atoms with Gasteiger partial charge in [0.1, 0.15) is 15.7 Å². The van der Waals surface area contributed by atoms with Gasteiger partial charge in [-0.3, -0.25) is 0 Å². The van der Waals surface area contributed by atoms with E-state index in [0.717, 1.165) is 11.3 Å². The zero-order valence-electron chi connectivity index (χ0n) is 15.4. The van der Waals surface area contributed by atoms with Crippen LogP contribution in [-0.4, -0.2) is 30.3 Å². The molecule has 0 fully saturated rings. The number of ether oxygens (including phenoxy) is 2. The van der Waals surface area contributed by atoms with Crippen molar-refractivity contribution in [3.05, 3.63) is 44.5 Å². The Morgan fingerprint density at radius 1 is 1.18 bits per heavy atom. The number of thiocarbonyl (C=S) groups is 1. The molecule has 28 heavy (non-hydrogen) atoms. The number of carbonyl (C=O) groups is 2. The highest BCUT2D eigenvalue weighted by atomic mass is 79.9. The van der Waals surface area contributed by atoms with Crippen LogP contribution in [0.5, 0.6) is 0 Å². The van der Waals surface area contributed by atoms with Crippen molar-refractivity contribution in [1.29, 1.82) is 0 Å². The Balaban J connectivity index is 2.31. The van der Waals surface area contributed by atoms with E-state index in [1.54, 1.807) is 26.8 Å². The van der Waals surface area contributed by atoms with Gasteiger partial charge in [0.05, 0.1) is 24.5 Å². The van der Waals surface area contributed by atoms with E-state index in [4.69, 9.17) is 21.7 Å². The number of thiophene rings is 1. The SMILES string of the molecule is CCOC(=O)c1sc(NC(=S)Nc2ccc(Br)cc2F)c(C(=O)OCC)c1C. The van der Waals surface area contributed by atoms with Crippen LogP contribution in [0.4, 0.5) is 15.1 Å². The third kappa shape index (κ3) is 5.27. The van der Waals surface area contributed by atoms with Gasteiger partial charge in [0.2, 0.25) is 0 Å². The van der Waals surface area contributed by atoms with Gasteiger partial charge in [0.15, 0.2) is 5.11 Å². The van der Waals surface area contributed by atoms with E-state index in [2.05, 4.69) is 26.6 Å². The summed E-state index contributed by atoms with van der Waals surface area (Å²) in [6, 6.07) is 4.47. The number of anilines is 2. The topological polar surface area (TPSA) is 76.7 Å². The molecule has 0 bridgehead atoms. The highest BCUT2D eigenvalue weighted by Crippen LogP contribution is 2.34. The average Bonchev–Trinajstić information content (AvgIpc) is 2.94. The number of rotatable bonds is 6. The number of nitrogens with one attached hydrogen (secondary N) is 2. The van der Waals surface area contributed by atoms with Crippen LogP contribution in [0.15, 0.2) is 22.7 Å². The Morgan fingerprint density at radius 2 is 1.82 bits per heavy atom. The molecule has 1 aromatic carbocycles. The average molecular weight is 489 g/mol. The van der Waals surface area contributed by atoms with Crippen LogP contribution in [0.2, 0.25) is 0 Å². The molecule has 0 amide bonds. The summed E-state index contributed by atoms with van der Waals surface area (Å²) >= 11 is 9.43. The Morgan fingerprint density at radius 3 is 2.43 bits per heavy atom. The molecule has 1 aromatic heterocycles. The van der Waals surface area contributed by atoms with Gasteiger partial charge in [-0.2, -0.15) is 0 Å².